The highest BCUT2D eigenvalue weighted by atomic mass is 16.4. The molecule has 0 aromatic carbocycles. The molecular weight excluding hydrogens is 282 g/mol. The lowest BCUT2D eigenvalue weighted by Crippen LogP contribution is -2.41. The first-order valence-electron chi connectivity index (χ1n) is 7.54. The molecule has 0 fully saturated rings. The van der Waals surface area contributed by atoms with Gasteiger partial charge in [0.2, 0.25) is 11.8 Å². The highest BCUT2D eigenvalue weighted by Gasteiger charge is 2.18. The van der Waals surface area contributed by atoms with E-state index in [0.717, 1.165) is 12.3 Å². The van der Waals surface area contributed by atoms with E-state index < -0.39 is 0 Å². The van der Waals surface area contributed by atoms with E-state index in [4.69, 9.17) is 4.42 Å². The molecule has 0 aliphatic carbocycles. The van der Waals surface area contributed by atoms with Crippen LogP contribution in [-0.4, -0.2) is 36.5 Å². The smallest absolute Gasteiger partial charge is 0.216 e. The fourth-order valence-corrected chi connectivity index (χ4v) is 1.64. The van der Waals surface area contributed by atoms with Gasteiger partial charge in [0, 0.05) is 32.0 Å². The number of hydrogen-bond donors (Lipinski definition) is 3. The van der Waals surface area contributed by atoms with Crippen LogP contribution in [0.25, 0.3) is 0 Å². The average molecular weight is 309 g/mol. The molecule has 1 aromatic heterocycles. The Morgan fingerprint density at radius 2 is 1.95 bits per heavy atom. The number of guanidine groups is 1. The first-order valence-corrected chi connectivity index (χ1v) is 7.54. The molecular formula is C15H27N5O2. The van der Waals surface area contributed by atoms with E-state index in [9.17, 15) is 4.79 Å². The van der Waals surface area contributed by atoms with Crippen LogP contribution in [0.5, 0.6) is 0 Å². The Labute approximate surface area is 132 Å². The summed E-state index contributed by atoms with van der Waals surface area (Å²) >= 11 is 0. The monoisotopic (exact) mass is 309 g/mol. The van der Waals surface area contributed by atoms with Crippen LogP contribution in [0, 0.1) is 0 Å². The molecule has 0 atom stereocenters. The average Bonchev–Trinajstić information content (AvgIpc) is 2.89. The third-order valence-corrected chi connectivity index (χ3v) is 2.80. The van der Waals surface area contributed by atoms with Gasteiger partial charge in [0.1, 0.15) is 12.3 Å². The Morgan fingerprint density at radius 1 is 1.27 bits per heavy atom. The van der Waals surface area contributed by atoms with Crippen molar-refractivity contribution >= 4 is 11.9 Å². The lowest BCUT2D eigenvalue weighted by atomic mass is 9.94. The summed E-state index contributed by atoms with van der Waals surface area (Å²) in [4.78, 5) is 19.5. The van der Waals surface area contributed by atoms with Gasteiger partial charge >= 0.3 is 0 Å². The zero-order chi connectivity index (χ0) is 16.6. The molecule has 0 unspecified atom stereocenters. The molecule has 0 aliphatic heterocycles. The van der Waals surface area contributed by atoms with Crippen molar-refractivity contribution in [3.05, 3.63) is 17.8 Å². The van der Waals surface area contributed by atoms with E-state index in [1.165, 1.54) is 6.92 Å². The fraction of sp³-hybridized carbons (Fsp3) is 0.667. The summed E-state index contributed by atoms with van der Waals surface area (Å²) in [6, 6.07) is 0. The summed E-state index contributed by atoms with van der Waals surface area (Å²) in [6.45, 7) is 12.0. The number of nitrogens with one attached hydrogen (secondary N) is 3. The SMILES string of the molecule is CCNC(=NCc1ncc(C(C)(C)C)o1)NCCNC(C)=O. The van der Waals surface area contributed by atoms with Crippen LogP contribution in [0.2, 0.25) is 0 Å². The third kappa shape index (κ3) is 6.60. The summed E-state index contributed by atoms with van der Waals surface area (Å²) in [5.41, 5.74) is -0.0595. The van der Waals surface area contributed by atoms with Gasteiger partial charge in [-0.25, -0.2) is 9.98 Å². The molecule has 0 spiro atoms. The van der Waals surface area contributed by atoms with Crippen molar-refractivity contribution in [3.63, 3.8) is 0 Å². The Balaban J connectivity index is 2.54. The minimum absolute atomic E-state index is 0.0433. The maximum absolute atomic E-state index is 10.8. The Hall–Kier alpha value is -2.05. The van der Waals surface area contributed by atoms with E-state index >= 15 is 0 Å². The Morgan fingerprint density at radius 3 is 2.50 bits per heavy atom. The first-order chi connectivity index (χ1) is 10.3. The Kier molecular flexibility index (Phi) is 6.88. The van der Waals surface area contributed by atoms with Crippen molar-refractivity contribution in [2.24, 2.45) is 4.99 Å². The van der Waals surface area contributed by atoms with Crippen molar-refractivity contribution in [3.8, 4) is 0 Å². The first kappa shape index (κ1) is 18.0. The van der Waals surface area contributed by atoms with E-state index in [-0.39, 0.29) is 11.3 Å². The van der Waals surface area contributed by atoms with Crippen LogP contribution in [-0.2, 0) is 16.8 Å². The quantitative estimate of drug-likeness (QED) is 0.417. The normalized spacial score (nSPS) is 12.1. The van der Waals surface area contributed by atoms with Gasteiger partial charge < -0.3 is 20.4 Å². The van der Waals surface area contributed by atoms with Crippen molar-refractivity contribution in [1.29, 1.82) is 0 Å². The molecule has 3 N–H and O–H groups in total. The lowest BCUT2D eigenvalue weighted by Gasteiger charge is -2.13. The van der Waals surface area contributed by atoms with Crippen LogP contribution in [0.4, 0.5) is 0 Å². The van der Waals surface area contributed by atoms with Gasteiger partial charge in [-0.2, -0.15) is 0 Å². The van der Waals surface area contributed by atoms with Gasteiger partial charge in [0.05, 0.1) is 6.20 Å². The zero-order valence-corrected chi connectivity index (χ0v) is 14.1. The second-order valence-electron chi connectivity index (χ2n) is 5.97. The summed E-state index contributed by atoms with van der Waals surface area (Å²) in [5, 5.41) is 8.99. The third-order valence-electron chi connectivity index (χ3n) is 2.80. The van der Waals surface area contributed by atoms with Crippen LogP contribution in [0.3, 0.4) is 0 Å². The number of aliphatic imine (C=N–C) groups is 1. The molecule has 124 valence electrons. The topological polar surface area (TPSA) is 91.6 Å². The van der Waals surface area contributed by atoms with Gasteiger partial charge in [0.25, 0.3) is 0 Å². The predicted octanol–water partition coefficient (Wildman–Crippen LogP) is 1.16. The number of oxazole rings is 1. The van der Waals surface area contributed by atoms with Gasteiger partial charge in [-0.15, -0.1) is 0 Å². The number of rotatable bonds is 6. The van der Waals surface area contributed by atoms with Crippen molar-refractivity contribution < 1.29 is 9.21 Å². The van der Waals surface area contributed by atoms with Gasteiger partial charge in [0.15, 0.2) is 5.96 Å². The van der Waals surface area contributed by atoms with Crippen LogP contribution in [0.15, 0.2) is 15.6 Å². The van der Waals surface area contributed by atoms with E-state index in [0.29, 0.717) is 31.5 Å². The molecule has 0 aliphatic rings. The second-order valence-corrected chi connectivity index (χ2v) is 5.97. The maximum atomic E-state index is 10.8. The van der Waals surface area contributed by atoms with Crippen molar-refractivity contribution in [2.75, 3.05) is 19.6 Å². The maximum Gasteiger partial charge on any atom is 0.216 e. The van der Waals surface area contributed by atoms with E-state index in [1.54, 1.807) is 6.20 Å². The van der Waals surface area contributed by atoms with Gasteiger partial charge in [-0.3, -0.25) is 4.79 Å². The molecule has 22 heavy (non-hydrogen) atoms. The largest absolute Gasteiger partial charge is 0.443 e. The minimum Gasteiger partial charge on any atom is -0.443 e. The predicted molar refractivity (Wildman–Crippen MR) is 86.7 cm³/mol. The molecule has 1 amide bonds. The van der Waals surface area contributed by atoms with Gasteiger partial charge in [-0.05, 0) is 6.92 Å². The number of nitrogens with zero attached hydrogens (tertiary/aromatic N) is 2. The molecule has 1 aromatic rings. The molecule has 7 nitrogen and oxygen atoms in total. The number of aromatic nitrogens is 1. The van der Waals surface area contributed by atoms with Crippen LogP contribution in [0.1, 0.15) is 46.3 Å². The van der Waals surface area contributed by atoms with Gasteiger partial charge in [-0.1, -0.05) is 20.8 Å². The summed E-state index contributed by atoms with van der Waals surface area (Å²) in [7, 11) is 0. The molecule has 7 heteroatoms. The summed E-state index contributed by atoms with van der Waals surface area (Å²) < 4.78 is 5.70. The number of carbonyl (C=O) groups excluding carboxylic acids is 1. The molecule has 0 saturated carbocycles. The standard InChI is InChI=1S/C15H27N5O2/c1-6-16-14(18-8-7-17-11(2)21)20-10-13-19-9-12(22-13)15(3,4)5/h9H,6-8,10H2,1-5H3,(H,17,21)(H2,16,18,20). The molecule has 1 rings (SSSR count). The molecule has 1 heterocycles. The molecule has 0 radical (unpaired) electrons. The van der Waals surface area contributed by atoms with Crippen molar-refractivity contribution in [1.82, 2.24) is 20.9 Å². The Bertz CT molecular complexity index is 502. The highest BCUT2D eigenvalue weighted by Crippen LogP contribution is 2.22. The second kappa shape index (κ2) is 8.41. The fourth-order valence-electron chi connectivity index (χ4n) is 1.64. The molecule has 0 saturated heterocycles. The summed E-state index contributed by atoms with van der Waals surface area (Å²) in [6.07, 6.45) is 1.75. The summed E-state index contributed by atoms with van der Waals surface area (Å²) in [5.74, 6) is 2.06. The lowest BCUT2D eigenvalue weighted by molar-refractivity contribution is -0.118. The minimum atomic E-state index is -0.0595. The zero-order valence-electron chi connectivity index (χ0n) is 14.1. The highest BCUT2D eigenvalue weighted by molar-refractivity contribution is 5.79. The van der Waals surface area contributed by atoms with Crippen LogP contribution >= 0.6 is 0 Å². The van der Waals surface area contributed by atoms with Crippen molar-refractivity contribution in [2.45, 2.75) is 46.6 Å². The molecule has 0 bridgehead atoms. The number of amides is 1. The van der Waals surface area contributed by atoms with Crippen LogP contribution < -0.4 is 16.0 Å². The van der Waals surface area contributed by atoms with E-state index in [2.05, 4.69) is 46.7 Å². The van der Waals surface area contributed by atoms with E-state index in [1.807, 2.05) is 6.92 Å². The number of hydrogen-bond acceptors (Lipinski definition) is 4. The number of carbonyl (C=O) groups is 1.